The molecule has 2 rings (SSSR count). The topological polar surface area (TPSA) is 52.2 Å². The highest BCUT2D eigenvalue weighted by Gasteiger charge is 2.35. The molecule has 0 aromatic rings. The van der Waals surface area contributed by atoms with E-state index >= 15 is 0 Å². The maximum absolute atomic E-state index is 10.6. The fraction of sp³-hybridized carbons (Fsp3) is 0.889. The SMILES string of the molecule is Cl.O=C([O-])[C@@H]1C[C@H]2CCCC[C@@H]2N1. The summed E-state index contributed by atoms with van der Waals surface area (Å²) in [5, 5.41) is 13.7. The van der Waals surface area contributed by atoms with Crippen molar-refractivity contribution in [3.05, 3.63) is 0 Å². The summed E-state index contributed by atoms with van der Waals surface area (Å²) in [6.45, 7) is 0. The molecule has 1 aliphatic heterocycles. The number of carboxylic acid groups (broad SMARTS) is 1. The molecule has 1 heterocycles. The molecule has 1 saturated heterocycles. The van der Waals surface area contributed by atoms with Crippen LogP contribution in [0.1, 0.15) is 32.1 Å². The molecule has 1 saturated carbocycles. The number of fused-ring (bicyclic) bond motifs is 1. The van der Waals surface area contributed by atoms with Crippen LogP contribution in [0.4, 0.5) is 0 Å². The number of halogens is 1. The highest BCUT2D eigenvalue weighted by Crippen LogP contribution is 2.32. The quantitative estimate of drug-likeness (QED) is 0.658. The molecule has 4 heteroatoms. The molecule has 0 unspecified atom stereocenters. The second-order valence-corrected chi connectivity index (χ2v) is 3.93. The lowest BCUT2D eigenvalue weighted by Crippen LogP contribution is -2.44. The highest BCUT2D eigenvalue weighted by atomic mass is 35.5. The molecular formula is C9H15ClNO2-. The van der Waals surface area contributed by atoms with Crippen LogP contribution < -0.4 is 10.4 Å². The van der Waals surface area contributed by atoms with Crippen molar-refractivity contribution >= 4 is 18.4 Å². The van der Waals surface area contributed by atoms with Gasteiger partial charge in [-0.05, 0) is 25.2 Å². The van der Waals surface area contributed by atoms with Gasteiger partial charge in [-0.2, -0.15) is 0 Å². The van der Waals surface area contributed by atoms with Crippen molar-refractivity contribution in [2.75, 3.05) is 0 Å². The average molecular weight is 205 g/mol. The average Bonchev–Trinajstić information content (AvgIpc) is 2.46. The van der Waals surface area contributed by atoms with Gasteiger partial charge in [-0.25, -0.2) is 0 Å². The van der Waals surface area contributed by atoms with Gasteiger partial charge < -0.3 is 15.2 Å². The number of aliphatic carboxylic acids is 1. The second-order valence-electron chi connectivity index (χ2n) is 3.93. The highest BCUT2D eigenvalue weighted by molar-refractivity contribution is 5.85. The normalized spacial score (nSPS) is 37.7. The molecule has 2 aliphatic rings. The van der Waals surface area contributed by atoms with Gasteiger partial charge in [0.1, 0.15) is 0 Å². The Balaban J connectivity index is 0.000000845. The largest absolute Gasteiger partial charge is 0.548 e. The summed E-state index contributed by atoms with van der Waals surface area (Å²) in [4.78, 5) is 10.6. The molecule has 0 radical (unpaired) electrons. The van der Waals surface area contributed by atoms with E-state index in [1.165, 1.54) is 19.3 Å². The third-order valence-electron chi connectivity index (χ3n) is 3.15. The maximum atomic E-state index is 10.6. The first-order valence-corrected chi connectivity index (χ1v) is 4.74. The molecule has 3 nitrogen and oxygen atoms in total. The Kier molecular flexibility index (Phi) is 3.56. The molecule has 1 aliphatic carbocycles. The van der Waals surface area contributed by atoms with Gasteiger partial charge in [0.15, 0.2) is 0 Å². The van der Waals surface area contributed by atoms with Crippen LogP contribution >= 0.6 is 12.4 Å². The van der Waals surface area contributed by atoms with E-state index in [1.807, 2.05) is 0 Å². The van der Waals surface area contributed by atoms with Gasteiger partial charge in [0.2, 0.25) is 0 Å². The summed E-state index contributed by atoms with van der Waals surface area (Å²) >= 11 is 0. The van der Waals surface area contributed by atoms with Gasteiger partial charge in [0.25, 0.3) is 0 Å². The number of carbonyl (C=O) groups is 1. The standard InChI is InChI=1S/C9H15NO2.ClH/c11-9(12)8-5-6-3-1-2-4-7(6)10-8;/h6-8,10H,1-5H2,(H,11,12);1H/p-1/t6-,7+,8+;/m1./s1. The minimum Gasteiger partial charge on any atom is -0.548 e. The van der Waals surface area contributed by atoms with Gasteiger partial charge >= 0.3 is 0 Å². The van der Waals surface area contributed by atoms with Gasteiger partial charge in [-0.3, -0.25) is 0 Å². The lowest BCUT2D eigenvalue weighted by Gasteiger charge is -2.24. The summed E-state index contributed by atoms with van der Waals surface area (Å²) in [6.07, 6.45) is 5.64. The second kappa shape index (κ2) is 4.29. The molecule has 2 fully saturated rings. The van der Waals surface area contributed by atoms with Crippen LogP contribution in [0, 0.1) is 5.92 Å². The van der Waals surface area contributed by atoms with E-state index in [9.17, 15) is 9.90 Å². The Hall–Kier alpha value is -0.280. The monoisotopic (exact) mass is 204 g/mol. The van der Waals surface area contributed by atoms with Crippen LogP contribution in [0.2, 0.25) is 0 Å². The number of nitrogens with one attached hydrogen (secondary N) is 1. The van der Waals surface area contributed by atoms with E-state index in [1.54, 1.807) is 0 Å². The molecule has 76 valence electrons. The van der Waals surface area contributed by atoms with Crippen LogP contribution in [0.25, 0.3) is 0 Å². The van der Waals surface area contributed by atoms with Gasteiger partial charge in [-0.15, -0.1) is 12.4 Å². The molecule has 0 amide bonds. The zero-order chi connectivity index (χ0) is 8.55. The number of carbonyl (C=O) groups excluding carboxylic acids is 1. The van der Waals surface area contributed by atoms with E-state index in [4.69, 9.17) is 0 Å². The fourth-order valence-electron chi connectivity index (χ4n) is 2.50. The van der Waals surface area contributed by atoms with Crippen LogP contribution in [-0.2, 0) is 4.79 Å². The molecule has 0 spiro atoms. The van der Waals surface area contributed by atoms with E-state index in [-0.39, 0.29) is 18.4 Å². The Labute approximate surface area is 84.3 Å². The number of rotatable bonds is 1. The van der Waals surface area contributed by atoms with E-state index in [0.717, 1.165) is 12.8 Å². The Bertz CT molecular complexity index is 184. The van der Waals surface area contributed by atoms with E-state index in [0.29, 0.717) is 12.0 Å². The van der Waals surface area contributed by atoms with Crippen molar-refractivity contribution < 1.29 is 9.90 Å². The number of carboxylic acids is 1. The van der Waals surface area contributed by atoms with Crippen LogP contribution in [0.15, 0.2) is 0 Å². The van der Waals surface area contributed by atoms with E-state index < -0.39 is 5.97 Å². The van der Waals surface area contributed by atoms with Crippen LogP contribution in [0.5, 0.6) is 0 Å². The molecule has 0 aromatic heterocycles. The summed E-state index contributed by atoms with van der Waals surface area (Å²) in [5.41, 5.74) is 0. The van der Waals surface area contributed by atoms with Crippen LogP contribution in [0.3, 0.4) is 0 Å². The van der Waals surface area contributed by atoms with Gasteiger partial charge in [-0.1, -0.05) is 12.8 Å². The third-order valence-corrected chi connectivity index (χ3v) is 3.15. The molecule has 1 N–H and O–H groups in total. The van der Waals surface area contributed by atoms with Crippen molar-refractivity contribution in [3.8, 4) is 0 Å². The number of hydrogen-bond acceptors (Lipinski definition) is 3. The summed E-state index contributed by atoms with van der Waals surface area (Å²) < 4.78 is 0. The first-order chi connectivity index (χ1) is 5.77. The zero-order valence-electron chi connectivity index (χ0n) is 7.49. The molecule has 0 aromatic carbocycles. The fourth-order valence-corrected chi connectivity index (χ4v) is 2.50. The minimum atomic E-state index is -0.926. The molecule has 13 heavy (non-hydrogen) atoms. The van der Waals surface area contributed by atoms with Crippen molar-refractivity contribution in [2.24, 2.45) is 5.92 Å². The molecular weight excluding hydrogens is 190 g/mol. The third kappa shape index (κ3) is 2.15. The molecule has 0 bridgehead atoms. The zero-order valence-corrected chi connectivity index (χ0v) is 8.31. The van der Waals surface area contributed by atoms with Crippen molar-refractivity contribution in [3.63, 3.8) is 0 Å². The molecule has 3 atom stereocenters. The van der Waals surface area contributed by atoms with E-state index in [2.05, 4.69) is 5.32 Å². The predicted octanol–water partition coefficient (Wildman–Crippen LogP) is 0.0788. The lowest BCUT2D eigenvalue weighted by molar-refractivity contribution is -0.308. The summed E-state index contributed by atoms with van der Waals surface area (Å²) in [7, 11) is 0. The first kappa shape index (κ1) is 10.8. The van der Waals surface area contributed by atoms with Crippen molar-refractivity contribution in [2.45, 2.75) is 44.2 Å². The Morgan fingerprint density at radius 2 is 2.00 bits per heavy atom. The first-order valence-electron chi connectivity index (χ1n) is 4.74. The summed E-state index contributed by atoms with van der Waals surface area (Å²) in [5.74, 6) is -0.328. The van der Waals surface area contributed by atoms with Crippen LogP contribution in [-0.4, -0.2) is 18.1 Å². The predicted molar refractivity (Wildman–Crippen MR) is 49.5 cm³/mol. The smallest absolute Gasteiger partial charge is 0.0584 e. The number of hydrogen-bond donors (Lipinski definition) is 1. The Morgan fingerprint density at radius 3 is 2.62 bits per heavy atom. The minimum absolute atomic E-state index is 0. The van der Waals surface area contributed by atoms with Crippen molar-refractivity contribution in [1.82, 2.24) is 5.32 Å². The lowest BCUT2D eigenvalue weighted by atomic mass is 9.85. The van der Waals surface area contributed by atoms with Gasteiger partial charge in [0, 0.05) is 12.1 Å². The maximum Gasteiger partial charge on any atom is 0.0584 e. The Morgan fingerprint density at radius 1 is 1.31 bits per heavy atom. The van der Waals surface area contributed by atoms with Crippen molar-refractivity contribution in [1.29, 1.82) is 0 Å². The summed E-state index contributed by atoms with van der Waals surface area (Å²) in [6, 6.07) is 0.0831. The van der Waals surface area contributed by atoms with Gasteiger partial charge in [0.05, 0.1) is 5.97 Å².